The zero-order valence-electron chi connectivity index (χ0n) is 11.5. The van der Waals surface area contributed by atoms with Gasteiger partial charge in [-0.1, -0.05) is 0 Å². The number of furan rings is 1. The summed E-state index contributed by atoms with van der Waals surface area (Å²) >= 11 is -0.242. The monoisotopic (exact) mass is 356 g/mol. The quantitative estimate of drug-likeness (QED) is 0.725. The molecule has 92 valence electrons. The van der Waals surface area contributed by atoms with Crippen LogP contribution in [0.3, 0.4) is 0 Å². The van der Waals surface area contributed by atoms with E-state index in [9.17, 15) is 0 Å². The summed E-state index contributed by atoms with van der Waals surface area (Å²) in [5.41, 5.74) is 2.62. The SMILES string of the molecule is Cc1cc(C)c(-c2o[c]([Sn]([CH3])([CH3])[CH3])cc2C)s1. The molecule has 0 radical (unpaired) electrons. The Hall–Kier alpha value is -0.221. The van der Waals surface area contributed by atoms with E-state index in [4.69, 9.17) is 4.42 Å². The Kier molecular flexibility index (Phi) is 3.47. The Balaban J connectivity index is 2.54. The molecule has 0 unspecified atom stereocenters. The molecular formula is C14H20OSSn. The summed E-state index contributed by atoms with van der Waals surface area (Å²) in [5, 5.41) is 0. The van der Waals surface area contributed by atoms with Gasteiger partial charge in [0.25, 0.3) is 0 Å². The molecule has 0 aliphatic carbocycles. The first kappa shape index (κ1) is 13.2. The zero-order chi connectivity index (χ0) is 12.8. The van der Waals surface area contributed by atoms with Crippen LogP contribution >= 0.6 is 11.3 Å². The normalized spacial score (nSPS) is 12.1. The van der Waals surface area contributed by atoms with E-state index < -0.39 is 18.4 Å². The van der Waals surface area contributed by atoms with Crippen molar-refractivity contribution < 1.29 is 4.42 Å². The Morgan fingerprint density at radius 2 is 1.65 bits per heavy atom. The topological polar surface area (TPSA) is 13.1 Å². The molecule has 0 saturated carbocycles. The van der Waals surface area contributed by atoms with Crippen molar-refractivity contribution in [2.75, 3.05) is 0 Å². The van der Waals surface area contributed by atoms with E-state index in [2.05, 4.69) is 47.7 Å². The van der Waals surface area contributed by atoms with Crippen LogP contribution in [-0.4, -0.2) is 18.4 Å². The van der Waals surface area contributed by atoms with Crippen LogP contribution < -0.4 is 3.78 Å². The van der Waals surface area contributed by atoms with Crippen LogP contribution in [0.25, 0.3) is 10.6 Å². The molecule has 0 N–H and O–H groups in total. The van der Waals surface area contributed by atoms with Gasteiger partial charge in [0.15, 0.2) is 0 Å². The van der Waals surface area contributed by atoms with Crippen LogP contribution in [0.4, 0.5) is 0 Å². The second-order valence-electron chi connectivity index (χ2n) is 5.74. The van der Waals surface area contributed by atoms with Crippen LogP contribution in [0, 0.1) is 20.8 Å². The first-order chi connectivity index (χ1) is 7.79. The third-order valence-electron chi connectivity index (χ3n) is 2.90. The van der Waals surface area contributed by atoms with E-state index in [0.717, 1.165) is 5.76 Å². The molecule has 0 aliphatic rings. The van der Waals surface area contributed by atoms with Gasteiger partial charge in [-0.05, 0) is 0 Å². The van der Waals surface area contributed by atoms with Gasteiger partial charge in [0.2, 0.25) is 0 Å². The second kappa shape index (κ2) is 4.47. The van der Waals surface area contributed by atoms with Gasteiger partial charge in [-0.3, -0.25) is 0 Å². The Morgan fingerprint density at radius 1 is 1.00 bits per heavy atom. The molecule has 3 heteroatoms. The summed E-state index contributed by atoms with van der Waals surface area (Å²) < 4.78 is 7.44. The molecule has 0 aliphatic heterocycles. The molecule has 2 aromatic rings. The molecule has 0 amide bonds. The second-order valence-corrected chi connectivity index (χ2v) is 21.2. The van der Waals surface area contributed by atoms with Crippen molar-refractivity contribution >= 4 is 33.5 Å². The predicted octanol–water partition coefficient (Wildman–Crippen LogP) is 4.48. The Morgan fingerprint density at radius 3 is 2.06 bits per heavy atom. The molecular weight excluding hydrogens is 335 g/mol. The minimum absolute atomic E-state index is 1.10. The molecule has 1 nitrogen and oxygen atoms in total. The van der Waals surface area contributed by atoms with E-state index in [1.54, 1.807) is 0 Å². The van der Waals surface area contributed by atoms with Crippen LogP contribution in [-0.2, 0) is 0 Å². The van der Waals surface area contributed by atoms with Gasteiger partial charge in [0, 0.05) is 0 Å². The Labute approximate surface area is 112 Å². The summed E-state index contributed by atoms with van der Waals surface area (Å²) in [4.78, 5) is 9.84. The van der Waals surface area contributed by atoms with Crippen LogP contribution in [0.2, 0.25) is 14.8 Å². The molecule has 0 fully saturated rings. The fourth-order valence-electron chi connectivity index (χ4n) is 1.94. The van der Waals surface area contributed by atoms with E-state index >= 15 is 0 Å². The Bertz CT molecular complexity index is 543. The summed E-state index contributed by atoms with van der Waals surface area (Å²) in [6, 6.07) is 4.50. The molecule has 0 bridgehead atoms. The number of hydrogen-bond donors (Lipinski definition) is 0. The maximum absolute atomic E-state index is 6.16. The molecule has 2 rings (SSSR count). The summed E-state index contributed by atoms with van der Waals surface area (Å²) in [6.45, 7) is 6.48. The van der Waals surface area contributed by atoms with Crippen LogP contribution in [0.15, 0.2) is 16.5 Å². The number of hydrogen-bond acceptors (Lipinski definition) is 2. The molecule has 17 heavy (non-hydrogen) atoms. The average Bonchev–Trinajstić information content (AvgIpc) is 2.68. The van der Waals surface area contributed by atoms with Gasteiger partial charge >= 0.3 is 112 Å². The molecule has 0 aromatic carbocycles. The minimum atomic E-state index is -2.08. The van der Waals surface area contributed by atoms with E-state index in [1.807, 2.05) is 11.3 Å². The molecule has 2 aromatic heterocycles. The van der Waals surface area contributed by atoms with Crippen molar-refractivity contribution in [3.63, 3.8) is 0 Å². The van der Waals surface area contributed by atoms with E-state index in [1.165, 1.54) is 24.7 Å². The molecule has 0 spiro atoms. The van der Waals surface area contributed by atoms with Gasteiger partial charge in [0.1, 0.15) is 0 Å². The molecule has 0 atom stereocenters. The molecule has 2 heterocycles. The van der Waals surface area contributed by atoms with Crippen LogP contribution in [0.5, 0.6) is 0 Å². The van der Waals surface area contributed by atoms with Crippen molar-refractivity contribution in [3.8, 4) is 10.6 Å². The number of thiophene rings is 1. The van der Waals surface area contributed by atoms with E-state index in [-0.39, 0.29) is 0 Å². The van der Waals surface area contributed by atoms with Crippen LogP contribution in [0.1, 0.15) is 16.0 Å². The number of aryl methyl sites for hydroxylation is 3. The summed E-state index contributed by atoms with van der Waals surface area (Å²) in [5.74, 6) is 1.10. The van der Waals surface area contributed by atoms with Gasteiger partial charge in [0.05, 0.1) is 0 Å². The summed E-state index contributed by atoms with van der Waals surface area (Å²) in [6.07, 6.45) is 0. The van der Waals surface area contributed by atoms with E-state index in [0.29, 0.717) is 0 Å². The van der Waals surface area contributed by atoms with Gasteiger partial charge in [-0.15, -0.1) is 0 Å². The van der Waals surface area contributed by atoms with Crippen molar-refractivity contribution in [2.45, 2.75) is 35.6 Å². The first-order valence-electron chi connectivity index (χ1n) is 5.97. The van der Waals surface area contributed by atoms with Gasteiger partial charge in [-0.2, -0.15) is 0 Å². The number of rotatable bonds is 2. The van der Waals surface area contributed by atoms with Crippen molar-refractivity contribution in [3.05, 3.63) is 28.1 Å². The van der Waals surface area contributed by atoms with Crippen molar-refractivity contribution in [1.82, 2.24) is 0 Å². The van der Waals surface area contributed by atoms with Gasteiger partial charge < -0.3 is 0 Å². The third kappa shape index (κ3) is 2.63. The molecule has 0 saturated heterocycles. The maximum atomic E-state index is 6.16. The third-order valence-corrected chi connectivity index (χ3v) is 8.98. The first-order valence-corrected chi connectivity index (χ1v) is 16.8. The van der Waals surface area contributed by atoms with Gasteiger partial charge in [-0.25, -0.2) is 0 Å². The summed E-state index contributed by atoms with van der Waals surface area (Å²) in [7, 11) is 0. The zero-order valence-corrected chi connectivity index (χ0v) is 15.1. The predicted molar refractivity (Wildman–Crippen MR) is 79.2 cm³/mol. The average molecular weight is 355 g/mol. The fourth-order valence-corrected chi connectivity index (χ4v) is 6.04. The fraction of sp³-hybridized carbons (Fsp3) is 0.429. The van der Waals surface area contributed by atoms with Crippen molar-refractivity contribution in [1.29, 1.82) is 0 Å². The van der Waals surface area contributed by atoms with Crippen molar-refractivity contribution in [2.24, 2.45) is 0 Å². The standard InChI is InChI=1S/C11H11OS.3CH3.Sn/c1-7-4-5-12-10(7)11-8(2)6-9(3)13-11;;;;/h4,6H,1-3H3;3*1H3;.